The van der Waals surface area contributed by atoms with E-state index in [1.54, 1.807) is 18.2 Å². The van der Waals surface area contributed by atoms with E-state index in [-0.39, 0.29) is 17.2 Å². The molecule has 6 nitrogen and oxygen atoms in total. The largest absolute Gasteiger partial charge is 0.493 e. The molecule has 0 atom stereocenters. The molecule has 0 saturated carbocycles. The van der Waals surface area contributed by atoms with Gasteiger partial charge in [0.1, 0.15) is 0 Å². The molecule has 154 valence electrons. The summed E-state index contributed by atoms with van der Waals surface area (Å²) < 4.78 is 27.5. The van der Waals surface area contributed by atoms with Crippen molar-refractivity contribution in [2.45, 2.75) is 11.0 Å². The summed E-state index contributed by atoms with van der Waals surface area (Å²) in [6.07, 6.45) is 1.17. The van der Waals surface area contributed by atoms with Crippen molar-refractivity contribution in [1.82, 2.24) is 0 Å². The maximum absolute atomic E-state index is 13.6. The Labute approximate surface area is 178 Å². The number of methoxy groups -OCH3 is 3. The van der Waals surface area contributed by atoms with Crippen LogP contribution in [0.2, 0.25) is 0 Å². The highest BCUT2D eigenvalue weighted by Gasteiger charge is 2.28. The molecule has 0 aliphatic carbocycles. The number of rotatable bonds is 6. The molecule has 2 aliphatic heterocycles. The van der Waals surface area contributed by atoms with Crippen molar-refractivity contribution < 1.29 is 28.5 Å². The molecule has 2 aliphatic rings. The summed E-state index contributed by atoms with van der Waals surface area (Å²) in [5, 5.41) is 0. The average Bonchev–Trinajstić information content (AvgIpc) is 3.24. The van der Waals surface area contributed by atoms with Crippen molar-refractivity contribution in [3.8, 4) is 28.7 Å². The molecule has 2 aromatic carbocycles. The smallest absolute Gasteiger partial charge is 0.231 e. The Morgan fingerprint density at radius 3 is 2.14 bits per heavy atom. The minimum absolute atomic E-state index is 0.121. The van der Waals surface area contributed by atoms with Gasteiger partial charge < -0.3 is 23.7 Å². The first-order chi connectivity index (χ1) is 14.2. The van der Waals surface area contributed by atoms with Gasteiger partial charge in [0.05, 0.1) is 25.9 Å². The molecule has 0 unspecified atom stereocenters. The third-order valence-electron chi connectivity index (χ3n) is 4.80. The van der Waals surface area contributed by atoms with Gasteiger partial charge >= 0.3 is 0 Å². The lowest BCUT2D eigenvalue weighted by molar-refractivity contribution is 0.103. The van der Waals surface area contributed by atoms with E-state index in [1.807, 2.05) is 29.6 Å². The fourth-order valence-electron chi connectivity index (χ4n) is 3.38. The summed E-state index contributed by atoms with van der Waals surface area (Å²) >= 11 is 3.71. The van der Waals surface area contributed by atoms with Gasteiger partial charge in [0.25, 0.3) is 0 Å². The van der Waals surface area contributed by atoms with Crippen LogP contribution in [0.3, 0.4) is 0 Å². The van der Waals surface area contributed by atoms with Gasteiger partial charge in [-0.2, -0.15) is 0 Å². The third-order valence-corrected chi connectivity index (χ3v) is 7.78. The second kappa shape index (κ2) is 8.67. The van der Waals surface area contributed by atoms with Crippen LogP contribution in [-0.4, -0.2) is 45.4 Å². The van der Waals surface area contributed by atoms with Gasteiger partial charge in [0.2, 0.25) is 12.5 Å². The Hall–Kier alpha value is -2.19. The van der Waals surface area contributed by atoms with Crippen LogP contribution in [0.1, 0.15) is 32.5 Å². The van der Waals surface area contributed by atoms with E-state index in [0.717, 1.165) is 17.1 Å². The van der Waals surface area contributed by atoms with Gasteiger partial charge in [0.15, 0.2) is 28.8 Å². The molecule has 0 bridgehead atoms. The number of ketones is 1. The molecule has 0 spiro atoms. The third kappa shape index (κ3) is 3.83. The number of benzene rings is 2. The molecular formula is C21H22O6S2. The van der Waals surface area contributed by atoms with Crippen molar-refractivity contribution >= 4 is 29.3 Å². The zero-order chi connectivity index (χ0) is 20.4. The van der Waals surface area contributed by atoms with Crippen LogP contribution in [0, 0.1) is 0 Å². The molecule has 4 rings (SSSR count). The molecule has 0 amide bonds. The maximum atomic E-state index is 13.6. The minimum Gasteiger partial charge on any atom is -0.493 e. The van der Waals surface area contributed by atoms with Crippen molar-refractivity contribution in [2.75, 3.05) is 39.6 Å². The summed E-state index contributed by atoms with van der Waals surface area (Å²) in [5.41, 5.74) is 2.03. The van der Waals surface area contributed by atoms with Gasteiger partial charge in [-0.1, -0.05) is 0 Å². The lowest BCUT2D eigenvalue weighted by Crippen LogP contribution is -2.10. The molecule has 1 fully saturated rings. The Bertz CT molecular complexity index is 899. The summed E-state index contributed by atoms with van der Waals surface area (Å²) in [4.78, 5) is 13.6. The normalized spacial score (nSPS) is 15.8. The van der Waals surface area contributed by atoms with Crippen molar-refractivity contribution in [3.05, 3.63) is 41.0 Å². The van der Waals surface area contributed by atoms with E-state index in [1.165, 1.54) is 27.8 Å². The fourth-order valence-corrected chi connectivity index (χ4v) is 6.33. The van der Waals surface area contributed by atoms with Crippen LogP contribution in [0.4, 0.5) is 0 Å². The van der Waals surface area contributed by atoms with Crippen LogP contribution in [-0.2, 0) is 0 Å². The zero-order valence-corrected chi connectivity index (χ0v) is 18.1. The van der Waals surface area contributed by atoms with Gasteiger partial charge in [-0.25, -0.2) is 0 Å². The van der Waals surface area contributed by atoms with E-state index in [0.29, 0.717) is 39.9 Å². The molecule has 2 aromatic rings. The van der Waals surface area contributed by atoms with Gasteiger partial charge in [-0.3, -0.25) is 4.79 Å². The molecule has 29 heavy (non-hydrogen) atoms. The number of fused-ring (bicyclic) bond motifs is 1. The molecule has 8 heteroatoms. The first-order valence-corrected chi connectivity index (χ1v) is 11.3. The maximum Gasteiger partial charge on any atom is 0.231 e. The molecule has 0 aromatic heterocycles. The summed E-state index contributed by atoms with van der Waals surface area (Å²) in [7, 11) is 4.61. The van der Waals surface area contributed by atoms with Crippen molar-refractivity contribution in [3.63, 3.8) is 0 Å². The predicted octanol–water partition coefficient (Wildman–Crippen LogP) is 4.54. The summed E-state index contributed by atoms with van der Waals surface area (Å²) in [5.74, 6) is 4.65. The quantitative estimate of drug-likeness (QED) is 0.614. The first kappa shape index (κ1) is 20.1. The number of ether oxygens (including phenoxy) is 5. The van der Waals surface area contributed by atoms with E-state index in [4.69, 9.17) is 23.7 Å². The highest BCUT2D eigenvalue weighted by molar-refractivity contribution is 8.16. The monoisotopic (exact) mass is 434 g/mol. The number of carbonyl (C=O) groups excluding carboxylic acids is 1. The Morgan fingerprint density at radius 2 is 1.55 bits per heavy atom. The molecule has 2 heterocycles. The van der Waals surface area contributed by atoms with Crippen molar-refractivity contribution in [1.29, 1.82) is 0 Å². The van der Waals surface area contributed by atoms with Gasteiger partial charge in [0, 0.05) is 11.1 Å². The molecule has 0 radical (unpaired) electrons. The van der Waals surface area contributed by atoms with Crippen LogP contribution in [0.5, 0.6) is 28.7 Å². The fraction of sp³-hybridized carbons (Fsp3) is 0.381. The second-order valence-corrected chi connectivity index (χ2v) is 9.19. The lowest BCUT2D eigenvalue weighted by Gasteiger charge is -2.23. The highest BCUT2D eigenvalue weighted by atomic mass is 32.2. The highest BCUT2D eigenvalue weighted by Crippen LogP contribution is 2.49. The van der Waals surface area contributed by atoms with Crippen molar-refractivity contribution in [2.24, 2.45) is 0 Å². The van der Waals surface area contributed by atoms with E-state index in [9.17, 15) is 4.79 Å². The lowest BCUT2D eigenvalue weighted by atomic mass is 9.97. The average molecular weight is 435 g/mol. The Balaban J connectivity index is 1.81. The van der Waals surface area contributed by atoms with Crippen LogP contribution < -0.4 is 23.7 Å². The molecule has 1 saturated heterocycles. The number of thioether (sulfide) groups is 2. The standard InChI is InChI=1S/C21H22O6S2/c1-23-17-7-12(8-18(24-2)20(17)25-3)19(22)13-9-15-16(27-11-26-15)10-14(13)21-28-5-4-6-29-21/h7-10,21H,4-6,11H2,1-3H3. The van der Waals surface area contributed by atoms with E-state index < -0.39 is 0 Å². The van der Waals surface area contributed by atoms with E-state index >= 15 is 0 Å². The topological polar surface area (TPSA) is 63.2 Å². The number of carbonyl (C=O) groups is 1. The molecule has 0 N–H and O–H groups in total. The van der Waals surface area contributed by atoms with Gasteiger partial charge in [-0.05, 0) is 47.8 Å². The van der Waals surface area contributed by atoms with E-state index in [2.05, 4.69) is 0 Å². The first-order valence-electron chi connectivity index (χ1n) is 9.17. The number of hydrogen-bond acceptors (Lipinski definition) is 8. The van der Waals surface area contributed by atoms with Crippen LogP contribution in [0.15, 0.2) is 24.3 Å². The van der Waals surface area contributed by atoms with Crippen LogP contribution in [0.25, 0.3) is 0 Å². The SMILES string of the molecule is COc1cc(C(=O)c2cc3c(cc2C2SCCCS2)OCO3)cc(OC)c1OC. The summed E-state index contributed by atoms with van der Waals surface area (Å²) in [6.45, 7) is 0.168. The minimum atomic E-state index is -0.121. The summed E-state index contributed by atoms with van der Waals surface area (Å²) in [6, 6.07) is 7.10. The van der Waals surface area contributed by atoms with Crippen LogP contribution >= 0.6 is 23.5 Å². The number of hydrogen-bond donors (Lipinski definition) is 0. The Morgan fingerprint density at radius 1 is 0.931 bits per heavy atom. The Kier molecular flexibility index (Phi) is 6.01. The predicted molar refractivity (Wildman–Crippen MR) is 114 cm³/mol. The second-order valence-electron chi connectivity index (χ2n) is 6.46. The molecular weight excluding hydrogens is 412 g/mol. The zero-order valence-electron chi connectivity index (χ0n) is 16.5. The van der Waals surface area contributed by atoms with Gasteiger partial charge in [-0.15, -0.1) is 23.5 Å².